The molecule has 1 heterocycles. The van der Waals surface area contributed by atoms with Gasteiger partial charge in [-0.1, -0.05) is 24.3 Å². The summed E-state index contributed by atoms with van der Waals surface area (Å²) in [5.41, 5.74) is 3.09. The van der Waals surface area contributed by atoms with Crippen LogP contribution in [0.3, 0.4) is 0 Å². The van der Waals surface area contributed by atoms with E-state index >= 15 is 0 Å². The normalized spacial score (nSPS) is 23.4. The second kappa shape index (κ2) is 5.85. The van der Waals surface area contributed by atoms with Crippen LogP contribution in [-0.4, -0.2) is 31.1 Å². The highest BCUT2D eigenvalue weighted by Crippen LogP contribution is 2.30. The third-order valence-corrected chi connectivity index (χ3v) is 4.37. The van der Waals surface area contributed by atoms with Crippen molar-refractivity contribution in [3.8, 4) is 0 Å². The Morgan fingerprint density at radius 1 is 1.17 bits per heavy atom. The molecule has 1 aromatic carbocycles. The van der Waals surface area contributed by atoms with Gasteiger partial charge in [0.05, 0.1) is 0 Å². The summed E-state index contributed by atoms with van der Waals surface area (Å²) in [7, 11) is 0. The molecule has 3 rings (SSSR count). The molecular formula is C16H24N2. The molecule has 1 aliphatic heterocycles. The fourth-order valence-corrected chi connectivity index (χ4v) is 3.35. The number of hydrogen-bond acceptors (Lipinski definition) is 2. The third kappa shape index (κ3) is 2.76. The molecule has 0 amide bonds. The molecular weight excluding hydrogens is 220 g/mol. The van der Waals surface area contributed by atoms with Crippen molar-refractivity contribution < 1.29 is 0 Å². The van der Waals surface area contributed by atoms with Crippen molar-refractivity contribution in [3.05, 3.63) is 35.4 Å². The van der Waals surface area contributed by atoms with E-state index < -0.39 is 0 Å². The fourth-order valence-electron chi connectivity index (χ4n) is 3.35. The van der Waals surface area contributed by atoms with Gasteiger partial charge in [0.1, 0.15) is 0 Å². The van der Waals surface area contributed by atoms with Crippen molar-refractivity contribution in [2.45, 2.75) is 38.1 Å². The monoisotopic (exact) mass is 244 g/mol. The smallest absolute Gasteiger partial charge is 0.0326 e. The summed E-state index contributed by atoms with van der Waals surface area (Å²) in [6.45, 7) is 5.09. The molecule has 1 unspecified atom stereocenters. The maximum Gasteiger partial charge on any atom is 0.0326 e. The van der Waals surface area contributed by atoms with Gasteiger partial charge in [-0.25, -0.2) is 0 Å². The number of nitrogens with zero attached hydrogens (tertiary/aromatic N) is 1. The molecule has 0 radical (unpaired) electrons. The van der Waals surface area contributed by atoms with Crippen molar-refractivity contribution in [3.63, 3.8) is 0 Å². The number of nitrogens with one attached hydrogen (secondary N) is 1. The molecule has 0 spiro atoms. The SMILES string of the molecule is c1ccc2c(c1)CCC2NCCCN1CCCC1. The van der Waals surface area contributed by atoms with Gasteiger partial charge >= 0.3 is 0 Å². The van der Waals surface area contributed by atoms with Crippen molar-refractivity contribution in [1.29, 1.82) is 0 Å². The van der Waals surface area contributed by atoms with Gasteiger partial charge in [-0.3, -0.25) is 0 Å². The molecule has 2 heteroatoms. The number of likely N-dealkylation sites (tertiary alicyclic amines) is 1. The zero-order valence-electron chi connectivity index (χ0n) is 11.2. The minimum atomic E-state index is 0.611. The number of fused-ring (bicyclic) bond motifs is 1. The second-order valence-electron chi connectivity index (χ2n) is 5.65. The van der Waals surface area contributed by atoms with Crippen LogP contribution in [-0.2, 0) is 6.42 Å². The molecule has 1 saturated heterocycles. The average Bonchev–Trinajstić information content (AvgIpc) is 3.04. The van der Waals surface area contributed by atoms with Gasteiger partial charge in [0.15, 0.2) is 0 Å². The summed E-state index contributed by atoms with van der Waals surface area (Å²) >= 11 is 0. The Bertz CT molecular complexity index is 382. The predicted molar refractivity (Wildman–Crippen MR) is 75.8 cm³/mol. The Balaban J connectivity index is 1.41. The standard InChI is InChI=1S/C16H24N2/c1-2-7-15-14(6-1)8-9-16(15)17-10-5-13-18-11-3-4-12-18/h1-2,6-7,16-17H,3-5,8-13H2. The van der Waals surface area contributed by atoms with E-state index in [1.807, 2.05) is 0 Å². The van der Waals surface area contributed by atoms with Crippen LogP contribution in [0.15, 0.2) is 24.3 Å². The average molecular weight is 244 g/mol. The van der Waals surface area contributed by atoms with Gasteiger partial charge < -0.3 is 10.2 Å². The molecule has 1 atom stereocenters. The molecule has 18 heavy (non-hydrogen) atoms. The van der Waals surface area contributed by atoms with Crippen molar-refractivity contribution in [2.75, 3.05) is 26.2 Å². The zero-order valence-corrected chi connectivity index (χ0v) is 11.2. The zero-order chi connectivity index (χ0) is 12.2. The summed E-state index contributed by atoms with van der Waals surface area (Å²) in [6.07, 6.45) is 6.63. The lowest BCUT2D eigenvalue weighted by Crippen LogP contribution is -2.26. The summed E-state index contributed by atoms with van der Waals surface area (Å²) in [5.74, 6) is 0. The Hall–Kier alpha value is -0.860. The molecule has 0 saturated carbocycles. The lowest BCUT2D eigenvalue weighted by atomic mass is 10.1. The minimum absolute atomic E-state index is 0.611. The van der Waals surface area contributed by atoms with Crippen LogP contribution in [0.1, 0.15) is 42.9 Å². The topological polar surface area (TPSA) is 15.3 Å². The van der Waals surface area contributed by atoms with E-state index in [0.29, 0.717) is 6.04 Å². The molecule has 1 N–H and O–H groups in total. The predicted octanol–water partition coefficient (Wildman–Crippen LogP) is 2.75. The molecule has 2 nitrogen and oxygen atoms in total. The number of hydrogen-bond donors (Lipinski definition) is 1. The van der Waals surface area contributed by atoms with Crippen molar-refractivity contribution in [2.24, 2.45) is 0 Å². The highest BCUT2D eigenvalue weighted by Gasteiger charge is 2.20. The van der Waals surface area contributed by atoms with Crippen molar-refractivity contribution >= 4 is 0 Å². The Morgan fingerprint density at radius 3 is 2.89 bits per heavy atom. The molecule has 98 valence electrons. The highest BCUT2D eigenvalue weighted by atomic mass is 15.1. The van der Waals surface area contributed by atoms with Gasteiger partial charge in [-0.05, 0) is 69.4 Å². The number of rotatable bonds is 5. The van der Waals surface area contributed by atoms with Crippen LogP contribution < -0.4 is 5.32 Å². The Kier molecular flexibility index (Phi) is 3.96. The van der Waals surface area contributed by atoms with E-state index in [1.165, 1.54) is 51.7 Å². The number of aryl methyl sites for hydroxylation is 1. The summed E-state index contributed by atoms with van der Waals surface area (Å²) in [6, 6.07) is 9.51. The van der Waals surface area contributed by atoms with Gasteiger partial charge in [0.2, 0.25) is 0 Å². The van der Waals surface area contributed by atoms with Crippen molar-refractivity contribution in [1.82, 2.24) is 10.2 Å². The maximum atomic E-state index is 3.74. The lowest BCUT2D eigenvalue weighted by molar-refractivity contribution is 0.327. The van der Waals surface area contributed by atoms with Gasteiger partial charge in [0.25, 0.3) is 0 Å². The van der Waals surface area contributed by atoms with E-state index in [2.05, 4.69) is 34.5 Å². The quantitative estimate of drug-likeness (QED) is 0.801. The van der Waals surface area contributed by atoms with Crippen LogP contribution in [0.4, 0.5) is 0 Å². The van der Waals surface area contributed by atoms with E-state index in [9.17, 15) is 0 Å². The molecule has 1 aliphatic carbocycles. The minimum Gasteiger partial charge on any atom is -0.310 e. The van der Waals surface area contributed by atoms with Crippen LogP contribution in [0.25, 0.3) is 0 Å². The van der Waals surface area contributed by atoms with Gasteiger partial charge in [-0.15, -0.1) is 0 Å². The molecule has 2 aliphatic rings. The van der Waals surface area contributed by atoms with E-state index in [4.69, 9.17) is 0 Å². The largest absolute Gasteiger partial charge is 0.310 e. The van der Waals surface area contributed by atoms with Gasteiger partial charge in [0, 0.05) is 6.04 Å². The first-order valence-corrected chi connectivity index (χ1v) is 7.47. The molecule has 1 aromatic rings. The lowest BCUT2D eigenvalue weighted by Gasteiger charge is -2.17. The Labute approximate surface area is 110 Å². The first-order chi connectivity index (χ1) is 8.93. The van der Waals surface area contributed by atoms with E-state index in [1.54, 1.807) is 11.1 Å². The fraction of sp³-hybridized carbons (Fsp3) is 0.625. The summed E-state index contributed by atoms with van der Waals surface area (Å²) < 4.78 is 0. The van der Waals surface area contributed by atoms with E-state index in [0.717, 1.165) is 6.54 Å². The Morgan fingerprint density at radius 2 is 2.00 bits per heavy atom. The summed E-state index contributed by atoms with van der Waals surface area (Å²) in [4.78, 5) is 2.60. The molecule has 0 aromatic heterocycles. The highest BCUT2D eigenvalue weighted by molar-refractivity contribution is 5.34. The summed E-state index contributed by atoms with van der Waals surface area (Å²) in [5, 5.41) is 3.74. The third-order valence-electron chi connectivity index (χ3n) is 4.37. The van der Waals surface area contributed by atoms with Gasteiger partial charge in [-0.2, -0.15) is 0 Å². The van der Waals surface area contributed by atoms with Crippen LogP contribution in [0.2, 0.25) is 0 Å². The van der Waals surface area contributed by atoms with E-state index in [-0.39, 0.29) is 0 Å². The van der Waals surface area contributed by atoms with Crippen LogP contribution in [0, 0.1) is 0 Å². The molecule has 0 bridgehead atoms. The second-order valence-corrected chi connectivity index (χ2v) is 5.65. The number of benzene rings is 1. The first kappa shape index (κ1) is 12.2. The molecule has 1 fully saturated rings. The maximum absolute atomic E-state index is 3.74. The van der Waals surface area contributed by atoms with Crippen LogP contribution in [0.5, 0.6) is 0 Å². The first-order valence-electron chi connectivity index (χ1n) is 7.47. The van der Waals surface area contributed by atoms with Crippen LogP contribution >= 0.6 is 0 Å².